The molecule has 3 amide bonds. The first-order valence-corrected chi connectivity index (χ1v) is 9.76. The van der Waals surface area contributed by atoms with E-state index in [4.69, 9.17) is 17.3 Å². The predicted molar refractivity (Wildman–Crippen MR) is 109 cm³/mol. The van der Waals surface area contributed by atoms with Crippen molar-refractivity contribution in [2.45, 2.75) is 12.2 Å². The molecule has 2 aromatic carbocycles. The second kappa shape index (κ2) is 10.6. The van der Waals surface area contributed by atoms with Crippen LogP contribution in [0.25, 0.3) is 0 Å². The van der Waals surface area contributed by atoms with E-state index < -0.39 is 5.91 Å². The number of nitrogens with one attached hydrogen (secondary N) is 2. The molecule has 0 aliphatic carbocycles. The molecule has 6 nitrogen and oxygen atoms in total. The summed E-state index contributed by atoms with van der Waals surface area (Å²) in [6.07, 6.45) is 0.0560. The molecule has 0 aliphatic rings. The third-order valence-corrected chi connectivity index (χ3v) is 4.73. The fraction of sp³-hybridized carbons (Fsp3) is 0.211. The molecule has 0 atom stereocenters. The first-order chi connectivity index (χ1) is 13.0. The number of hydrogen-bond acceptors (Lipinski definition) is 4. The molecule has 0 saturated carbocycles. The molecule has 0 fully saturated rings. The Labute approximate surface area is 166 Å². The van der Waals surface area contributed by atoms with Gasteiger partial charge in [-0.25, -0.2) is 0 Å². The van der Waals surface area contributed by atoms with E-state index in [2.05, 4.69) is 10.6 Å². The maximum atomic E-state index is 12.2. The summed E-state index contributed by atoms with van der Waals surface area (Å²) in [6, 6.07) is 14.2. The van der Waals surface area contributed by atoms with Crippen molar-refractivity contribution in [3.8, 4) is 0 Å². The lowest BCUT2D eigenvalue weighted by Gasteiger charge is -2.11. The van der Waals surface area contributed by atoms with Gasteiger partial charge in [-0.2, -0.15) is 0 Å². The molecule has 0 aromatic heterocycles. The molecular weight excluding hydrogens is 386 g/mol. The van der Waals surface area contributed by atoms with Gasteiger partial charge in [-0.1, -0.05) is 35.9 Å². The fourth-order valence-electron chi connectivity index (χ4n) is 2.26. The fourth-order valence-corrected chi connectivity index (χ4v) is 3.25. The number of primary amides is 1. The zero-order chi connectivity index (χ0) is 19.6. The van der Waals surface area contributed by atoms with E-state index in [0.717, 1.165) is 5.56 Å². The van der Waals surface area contributed by atoms with E-state index in [1.165, 1.54) is 11.8 Å². The largest absolute Gasteiger partial charge is 0.370 e. The normalized spacial score (nSPS) is 10.3. The summed E-state index contributed by atoms with van der Waals surface area (Å²) in [6.45, 7) is 0.145. The van der Waals surface area contributed by atoms with Gasteiger partial charge in [0.05, 0.1) is 17.0 Å². The monoisotopic (exact) mass is 405 g/mol. The Hall–Kier alpha value is -2.51. The number of carbonyl (C=O) groups is 3. The number of carbonyl (C=O) groups excluding carboxylic acids is 3. The van der Waals surface area contributed by atoms with E-state index >= 15 is 0 Å². The van der Waals surface area contributed by atoms with Gasteiger partial charge in [-0.05, 0) is 29.8 Å². The average molecular weight is 406 g/mol. The number of amides is 3. The average Bonchev–Trinajstić information content (AvgIpc) is 2.62. The summed E-state index contributed by atoms with van der Waals surface area (Å²) in [4.78, 5) is 35.2. The van der Waals surface area contributed by atoms with Gasteiger partial charge in [-0.3, -0.25) is 14.4 Å². The Bertz CT molecular complexity index is 829. The number of benzene rings is 2. The summed E-state index contributed by atoms with van der Waals surface area (Å²) in [5.41, 5.74) is 6.84. The van der Waals surface area contributed by atoms with E-state index in [1.54, 1.807) is 30.3 Å². The highest BCUT2D eigenvalue weighted by molar-refractivity contribution is 7.99. The number of hydrogen-bond donors (Lipinski definition) is 3. The highest BCUT2D eigenvalue weighted by Gasteiger charge is 2.13. The van der Waals surface area contributed by atoms with E-state index in [9.17, 15) is 14.4 Å². The maximum Gasteiger partial charge on any atom is 0.253 e. The van der Waals surface area contributed by atoms with Crippen molar-refractivity contribution in [2.75, 3.05) is 17.6 Å². The highest BCUT2D eigenvalue weighted by atomic mass is 35.5. The Morgan fingerprint density at radius 1 is 1.07 bits per heavy atom. The minimum absolute atomic E-state index is 0.0560. The lowest BCUT2D eigenvalue weighted by Crippen LogP contribution is -2.29. The van der Waals surface area contributed by atoms with Crippen LogP contribution < -0.4 is 16.4 Å². The van der Waals surface area contributed by atoms with E-state index in [1.807, 2.05) is 18.2 Å². The van der Waals surface area contributed by atoms with Crippen LogP contribution in [-0.4, -0.2) is 30.0 Å². The van der Waals surface area contributed by atoms with Gasteiger partial charge in [0.2, 0.25) is 11.8 Å². The standard InChI is InChI=1S/C19H20ClN3O3S/c20-14-5-3-4-13(10-14)11-27-12-18(25)23-16-7-2-1-6-15(16)19(26)22-9-8-17(21)24/h1-7,10H,8-9,11-12H2,(H2,21,24)(H,22,26)(H,23,25). The van der Waals surface area contributed by atoms with E-state index in [0.29, 0.717) is 22.0 Å². The molecule has 0 unspecified atom stereocenters. The van der Waals surface area contributed by atoms with Crippen LogP contribution in [0.15, 0.2) is 48.5 Å². The minimum Gasteiger partial charge on any atom is -0.370 e. The lowest BCUT2D eigenvalue weighted by molar-refractivity contribution is -0.118. The third kappa shape index (κ3) is 7.32. The third-order valence-electron chi connectivity index (χ3n) is 3.49. The molecule has 0 saturated heterocycles. The van der Waals surface area contributed by atoms with Gasteiger partial charge < -0.3 is 16.4 Å². The van der Waals surface area contributed by atoms with E-state index in [-0.39, 0.29) is 30.5 Å². The van der Waals surface area contributed by atoms with Crippen LogP contribution in [0.4, 0.5) is 5.69 Å². The molecule has 0 bridgehead atoms. The Balaban J connectivity index is 1.87. The van der Waals surface area contributed by atoms with Crippen LogP contribution in [0.2, 0.25) is 5.02 Å². The van der Waals surface area contributed by atoms with Crippen molar-refractivity contribution in [2.24, 2.45) is 5.73 Å². The van der Waals surface area contributed by atoms with Crippen LogP contribution in [-0.2, 0) is 15.3 Å². The van der Waals surface area contributed by atoms with Crippen molar-refractivity contribution < 1.29 is 14.4 Å². The molecule has 27 heavy (non-hydrogen) atoms. The zero-order valence-electron chi connectivity index (χ0n) is 14.5. The summed E-state index contributed by atoms with van der Waals surface area (Å²) >= 11 is 7.39. The summed E-state index contributed by atoms with van der Waals surface area (Å²) in [7, 11) is 0. The Morgan fingerprint density at radius 2 is 1.85 bits per heavy atom. The molecule has 142 valence electrons. The maximum absolute atomic E-state index is 12.2. The SMILES string of the molecule is NC(=O)CCNC(=O)c1ccccc1NC(=O)CSCc1cccc(Cl)c1. The van der Waals surface area contributed by atoms with Gasteiger partial charge in [0, 0.05) is 23.7 Å². The van der Waals surface area contributed by atoms with Gasteiger partial charge >= 0.3 is 0 Å². The molecule has 0 spiro atoms. The number of thioether (sulfide) groups is 1. The van der Waals surface area contributed by atoms with Crippen molar-refractivity contribution in [3.63, 3.8) is 0 Å². The van der Waals surface area contributed by atoms with Crippen LogP contribution in [0, 0.1) is 0 Å². The molecule has 2 aromatic rings. The van der Waals surface area contributed by atoms with Crippen LogP contribution in [0.1, 0.15) is 22.3 Å². The predicted octanol–water partition coefficient (Wildman–Crippen LogP) is 2.82. The number of anilines is 1. The summed E-state index contributed by atoms with van der Waals surface area (Å²) in [5.74, 6) is -0.181. The Kier molecular flexibility index (Phi) is 8.16. The van der Waals surface area contributed by atoms with Crippen LogP contribution >= 0.6 is 23.4 Å². The first-order valence-electron chi connectivity index (χ1n) is 8.23. The molecule has 8 heteroatoms. The molecule has 0 heterocycles. The lowest BCUT2D eigenvalue weighted by atomic mass is 10.1. The molecule has 0 radical (unpaired) electrons. The van der Waals surface area contributed by atoms with Crippen LogP contribution in [0.5, 0.6) is 0 Å². The summed E-state index contributed by atoms with van der Waals surface area (Å²) in [5, 5.41) is 6.02. The van der Waals surface area contributed by atoms with Gasteiger partial charge in [-0.15, -0.1) is 11.8 Å². The highest BCUT2D eigenvalue weighted by Crippen LogP contribution is 2.18. The van der Waals surface area contributed by atoms with Crippen LogP contribution in [0.3, 0.4) is 0 Å². The number of halogens is 1. The molecule has 2 rings (SSSR count). The smallest absolute Gasteiger partial charge is 0.253 e. The number of para-hydroxylation sites is 1. The number of nitrogens with two attached hydrogens (primary N) is 1. The zero-order valence-corrected chi connectivity index (χ0v) is 16.1. The van der Waals surface area contributed by atoms with Crippen molar-refractivity contribution in [3.05, 3.63) is 64.7 Å². The van der Waals surface area contributed by atoms with Crippen molar-refractivity contribution in [1.29, 1.82) is 0 Å². The molecular formula is C19H20ClN3O3S. The van der Waals surface area contributed by atoms with Crippen molar-refractivity contribution in [1.82, 2.24) is 5.32 Å². The first kappa shape index (κ1) is 20.8. The quantitative estimate of drug-likeness (QED) is 0.597. The van der Waals surface area contributed by atoms with Gasteiger partial charge in [0.15, 0.2) is 0 Å². The Morgan fingerprint density at radius 3 is 2.59 bits per heavy atom. The second-order valence-electron chi connectivity index (χ2n) is 5.69. The minimum atomic E-state index is -0.492. The number of rotatable bonds is 9. The summed E-state index contributed by atoms with van der Waals surface area (Å²) < 4.78 is 0. The van der Waals surface area contributed by atoms with Gasteiger partial charge in [0.25, 0.3) is 5.91 Å². The molecule has 4 N–H and O–H groups in total. The molecule has 0 aliphatic heterocycles. The topological polar surface area (TPSA) is 101 Å². The second-order valence-corrected chi connectivity index (χ2v) is 7.11. The van der Waals surface area contributed by atoms with Gasteiger partial charge in [0.1, 0.15) is 0 Å². The van der Waals surface area contributed by atoms with Crippen molar-refractivity contribution >= 4 is 46.8 Å².